The number of rotatable bonds is 6. The van der Waals surface area contributed by atoms with Gasteiger partial charge in [-0.2, -0.15) is 0 Å². The van der Waals surface area contributed by atoms with E-state index < -0.39 is 0 Å². The number of thioether (sulfide) groups is 1. The smallest absolute Gasteiger partial charge is 0.256 e. The highest BCUT2D eigenvalue weighted by Crippen LogP contribution is 2.39. The Balaban J connectivity index is 1.67. The van der Waals surface area contributed by atoms with Gasteiger partial charge in [0, 0.05) is 47.4 Å². The number of nitrogens with two attached hydrogens (primary N) is 1. The molecule has 1 aliphatic heterocycles. The molecule has 0 unspecified atom stereocenters. The normalized spacial score (nSPS) is 14.4. The number of phenolic OH excluding ortho intramolecular Hbond substituents is 1. The minimum Gasteiger partial charge on any atom is -0.507 e. The molecule has 1 aliphatic rings. The molecule has 0 atom stereocenters. The van der Waals surface area contributed by atoms with Crippen molar-refractivity contribution in [3.05, 3.63) is 92.1 Å². The number of likely N-dealkylation sites (tertiary alicyclic amines) is 1. The number of piperidine rings is 1. The van der Waals surface area contributed by atoms with Crippen molar-refractivity contribution in [1.29, 1.82) is 0 Å². The average Bonchev–Trinajstić information content (AvgIpc) is 3.16. The van der Waals surface area contributed by atoms with Crippen LogP contribution in [0.4, 0.5) is 0 Å². The Bertz CT molecular complexity index is 1510. The number of hydrogen-bond donors (Lipinski definition) is 2. The summed E-state index contributed by atoms with van der Waals surface area (Å²) >= 11 is 5.30. The highest BCUT2D eigenvalue weighted by atomic mass is 79.9. The molecule has 5 rings (SSSR count). The van der Waals surface area contributed by atoms with Crippen molar-refractivity contribution in [2.75, 3.05) is 13.1 Å². The first-order valence-corrected chi connectivity index (χ1v) is 15.2. The lowest BCUT2D eigenvalue weighted by atomic mass is 10.0. The minimum absolute atomic E-state index is 0.0178. The third kappa shape index (κ3) is 5.76. The molecule has 204 valence electrons. The van der Waals surface area contributed by atoms with Crippen molar-refractivity contribution >= 4 is 44.5 Å². The van der Waals surface area contributed by atoms with Crippen LogP contribution in [0.2, 0.25) is 0 Å². The molecule has 1 saturated heterocycles. The van der Waals surface area contributed by atoms with Gasteiger partial charge in [-0.05, 0) is 85.3 Å². The Kier molecular flexibility index (Phi) is 8.13. The highest BCUT2D eigenvalue weighted by Gasteiger charge is 2.29. The number of carbonyl (C=O) groups is 1. The van der Waals surface area contributed by atoms with Gasteiger partial charge in [0.2, 0.25) is 0 Å². The Morgan fingerprint density at radius 1 is 1.00 bits per heavy atom. The monoisotopic (exact) mass is 605 g/mol. The van der Waals surface area contributed by atoms with Crippen molar-refractivity contribution in [3.8, 4) is 5.75 Å². The Labute approximate surface area is 243 Å². The maximum Gasteiger partial charge on any atom is 0.256 e. The van der Waals surface area contributed by atoms with E-state index in [1.54, 1.807) is 17.8 Å². The molecule has 0 radical (unpaired) electrons. The van der Waals surface area contributed by atoms with Crippen LogP contribution in [-0.2, 0) is 12.3 Å². The number of nitrogens with zero attached hydrogens (tertiary/aromatic N) is 2. The van der Waals surface area contributed by atoms with Gasteiger partial charge in [0.15, 0.2) is 0 Å². The fourth-order valence-electron chi connectivity index (χ4n) is 5.65. The second-order valence-electron chi connectivity index (χ2n) is 10.9. The van der Waals surface area contributed by atoms with Gasteiger partial charge >= 0.3 is 0 Å². The number of aromatic nitrogens is 1. The van der Waals surface area contributed by atoms with Crippen LogP contribution in [0, 0.1) is 27.7 Å². The summed E-state index contributed by atoms with van der Waals surface area (Å²) in [7, 11) is 0. The number of fused-ring (bicyclic) bond motifs is 1. The molecule has 2 heterocycles. The van der Waals surface area contributed by atoms with Gasteiger partial charge in [-0.25, -0.2) is 0 Å². The fraction of sp³-hybridized carbons (Fsp3) is 0.344. The molecule has 0 bridgehead atoms. The van der Waals surface area contributed by atoms with Crippen LogP contribution in [0.3, 0.4) is 0 Å². The van der Waals surface area contributed by atoms with Gasteiger partial charge in [0.1, 0.15) is 5.75 Å². The zero-order valence-electron chi connectivity index (χ0n) is 23.1. The summed E-state index contributed by atoms with van der Waals surface area (Å²) in [5, 5.41) is 11.5. The first kappa shape index (κ1) is 27.8. The number of carbonyl (C=O) groups excluding carboxylic acids is 1. The Morgan fingerprint density at radius 2 is 1.64 bits per heavy atom. The number of amides is 1. The fourth-order valence-corrected chi connectivity index (χ4v) is 7.14. The summed E-state index contributed by atoms with van der Waals surface area (Å²) in [6, 6.07) is 16.8. The summed E-state index contributed by atoms with van der Waals surface area (Å²) in [6.07, 6.45) is 1.60. The summed E-state index contributed by atoms with van der Waals surface area (Å²) in [6.45, 7) is 10.5. The topological polar surface area (TPSA) is 71.5 Å². The van der Waals surface area contributed by atoms with Gasteiger partial charge in [0.25, 0.3) is 5.91 Å². The number of hydrogen-bond acceptors (Lipinski definition) is 4. The van der Waals surface area contributed by atoms with Gasteiger partial charge in [-0.3, -0.25) is 4.79 Å². The van der Waals surface area contributed by atoms with Crippen LogP contribution in [0.5, 0.6) is 5.75 Å². The van der Waals surface area contributed by atoms with E-state index >= 15 is 0 Å². The van der Waals surface area contributed by atoms with Crippen molar-refractivity contribution in [3.63, 3.8) is 0 Å². The molecule has 7 heteroatoms. The van der Waals surface area contributed by atoms with Gasteiger partial charge in [-0.1, -0.05) is 47.5 Å². The summed E-state index contributed by atoms with van der Waals surface area (Å²) < 4.78 is 2.88. The molecule has 0 saturated carbocycles. The second-order valence-corrected chi connectivity index (χ2v) is 12.7. The lowest BCUT2D eigenvalue weighted by Crippen LogP contribution is -2.43. The maximum absolute atomic E-state index is 14.2. The lowest BCUT2D eigenvalue weighted by Gasteiger charge is -2.30. The zero-order chi connectivity index (χ0) is 27.8. The maximum atomic E-state index is 14.2. The number of halogens is 1. The molecule has 0 spiro atoms. The molecule has 39 heavy (non-hydrogen) atoms. The van der Waals surface area contributed by atoms with E-state index in [2.05, 4.69) is 84.6 Å². The third-order valence-corrected chi connectivity index (χ3v) is 9.69. The van der Waals surface area contributed by atoms with Crippen LogP contribution in [0.25, 0.3) is 10.9 Å². The molecule has 1 aromatic heterocycles. The molecule has 3 aromatic carbocycles. The van der Waals surface area contributed by atoms with Crippen LogP contribution in [0.1, 0.15) is 56.7 Å². The van der Waals surface area contributed by atoms with E-state index in [0.717, 1.165) is 29.4 Å². The number of aromatic hydroxyl groups is 1. The lowest BCUT2D eigenvalue weighted by molar-refractivity contribution is 0.0715. The molecule has 1 amide bonds. The Hall–Kier alpha value is -2.74. The van der Waals surface area contributed by atoms with Crippen molar-refractivity contribution in [2.45, 2.75) is 63.8 Å². The van der Waals surface area contributed by atoms with Crippen LogP contribution in [0.15, 0.2) is 57.9 Å². The van der Waals surface area contributed by atoms with E-state index in [-0.39, 0.29) is 17.7 Å². The van der Waals surface area contributed by atoms with Gasteiger partial charge in [0.05, 0.1) is 15.6 Å². The van der Waals surface area contributed by atoms with Crippen LogP contribution < -0.4 is 5.73 Å². The molecule has 3 N–H and O–H groups in total. The van der Waals surface area contributed by atoms with E-state index in [1.165, 1.54) is 32.7 Å². The zero-order valence-corrected chi connectivity index (χ0v) is 25.5. The molecule has 4 aromatic rings. The van der Waals surface area contributed by atoms with Crippen molar-refractivity contribution < 1.29 is 9.90 Å². The van der Waals surface area contributed by atoms with E-state index in [1.807, 2.05) is 11.0 Å². The second kappa shape index (κ2) is 11.4. The SMILES string of the molecule is Cc1ccc(Cn2c(CSc3c(C)cc(C)cc3C)c(C(=O)N3CCC(N)CC3)c3cc(O)c(Br)cc32)cc1. The summed E-state index contributed by atoms with van der Waals surface area (Å²) in [4.78, 5) is 17.4. The number of aryl methyl sites for hydroxylation is 4. The first-order chi connectivity index (χ1) is 18.6. The van der Waals surface area contributed by atoms with Crippen molar-refractivity contribution in [1.82, 2.24) is 9.47 Å². The quantitative estimate of drug-likeness (QED) is 0.227. The van der Waals surface area contributed by atoms with Gasteiger partial charge < -0.3 is 20.3 Å². The Morgan fingerprint density at radius 3 is 2.28 bits per heavy atom. The highest BCUT2D eigenvalue weighted by molar-refractivity contribution is 9.10. The standard InChI is InChI=1S/C32H36BrN3O2S/c1-19-5-7-23(8-6-19)17-36-27-16-26(33)29(37)15-25(27)30(32(38)35-11-9-24(34)10-12-35)28(36)18-39-31-21(3)13-20(2)14-22(31)4/h5-8,13-16,24,37H,9-12,17-18,34H2,1-4H3. The average molecular weight is 607 g/mol. The number of phenols is 1. The molecular formula is C32H36BrN3O2S. The van der Waals surface area contributed by atoms with Gasteiger partial charge in [-0.15, -0.1) is 11.8 Å². The summed E-state index contributed by atoms with van der Waals surface area (Å²) in [5.74, 6) is 0.788. The predicted octanol–water partition coefficient (Wildman–Crippen LogP) is 7.25. The largest absolute Gasteiger partial charge is 0.507 e. The minimum atomic E-state index is 0.0178. The molecule has 5 nitrogen and oxygen atoms in total. The van der Waals surface area contributed by atoms with Crippen LogP contribution in [-0.4, -0.2) is 39.6 Å². The number of benzene rings is 3. The predicted molar refractivity (Wildman–Crippen MR) is 165 cm³/mol. The molecule has 1 fully saturated rings. The molecular weight excluding hydrogens is 570 g/mol. The van der Waals surface area contributed by atoms with Crippen molar-refractivity contribution in [2.24, 2.45) is 5.73 Å². The van der Waals surface area contributed by atoms with E-state index in [0.29, 0.717) is 35.4 Å². The first-order valence-electron chi connectivity index (χ1n) is 13.5. The van der Waals surface area contributed by atoms with E-state index in [9.17, 15) is 9.90 Å². The summed E-state index contributed by atoms with van der Waals surface area (Å²) in [5.41, 5.74) is 14.9. The van der Waals surface area contributed by atoms with E-state index in [4.69, 9.17) is 5.73 Å². The third-order valence-electron chi connectivity index (χ3n) is 7.70. The van der Waals surface area contributed by atoms with Crippen LogP contribution >= 0.6 is 27.7 Å². The molecule has 0 aliphatic carbocycles.